The largest absolute Gasteiger partial charge is 0.497 e. The van der Waals surface area contributed by atoms with E-state index in [1.807, 2.05) is 0 Å². The molecular weight excluding hydrogens is 438 g/mol. The van der Waals surface area contributed by atoms with E-state index in [2.05, 4.69) is 10.6 Å². The molecule has 0 bridgehead atoms. The number of amides is 3. The lowest BCUT2D eigenvalue weighted by Crippen LogP contribution is -2.49. The number of hydrogen-bond acceptors (Lipinski definition) is 6. The van der Waals surface area contributed by atoms with Gasteiger partial charge in [0.05, 0.1) is 37.2 Å². The van der Waals surface area contributed by atoms with E-state index in [9.17, 15) is 14.4 Å². The summed E-state index contributed by atoms with van der Waals surface area (Å²) in [5, 5.41) is 6.02. The molecule has 2 aliphatic rings. The van der Waals surface area contributed by atoms with Crippen LogP contribution in [0.15, 0.2) is 53.7 Å². The Bertz CT molecular complexity index is 1120. The first kappa shape index (κ1) is 21.5. The van der Waals surface area contributed by atoms with Crippen LogP contribution in [0.1, 0.15) is 11.6 Å². The fourth-order valence-corrected chi connectivity index (χ4v) is 3.75. The molecule has 9 nitrogen and oxygen atoms in total. The smallest absolute Gasteiger partial charge is 0.338 e. The number of nitrogens with one attached hydrogen (secondary N) is 2. The number of carbonyl (C=O) groups is 3. The highest BCUT2D eigenvalue weighted by Crippen LogP contribution is 2.35. The first-order valence-corrected chi connectivity index (χ1v) is 10.0. The molecule has 4 rings (SSSR count). The molecule has 3 amide bonds. The summed E-state index contributed by atoms with van der Waals surface area (Å²) in [5.74, 6) is -0.0607. The monoisotopic (exact) mass is 457 g/mol. The number of halogens is 1. The van der Waals surface area contributed by atoms with Crippen molar-refractivity contribution in [2.45, 2.75) is 6.04 Å². The number of benzene rings is 2. The highest BCUT2D eigenvalue weighted by Gasteiger charge is 2.42. The Kier molecular flexibility index (Phi) is 5.91. The maximum atomic E-state index is 12.9. The number of esters is 1. The Morgan fingerprint density at radius 2 is 1.94 bits per heavy atom. The zero-order chi connectivity index (χ0) is 22.8. The Balaban J connectivity index is 1.59. The maximum absolute atomic E-state index is 12.9. The van der Waals surface area contributed by atoms with Crippen molar-refractivity contribution < 1.29 is 28.6 Å². The van der Waals surface area contributed by atoms with Crippen molar-refractivity contribution >= 4 is 35.2 Å². The lowest BCUT2D eigenvalue weighted by molar-refractivity contribution is -0.136. The van der Waals surface area contributed by atoms with Crippen molar-refractivity contribution in [2.75, 3.05) is 32.7 Å². The number of urea groups is 1. The van der Waals surface area contributed by atoms with Crippen LogP contribution in [0.5, 0.6) is 11.5 Å². The Morgan fingerprint density at radius 1 is 1.19 bits per heavy atom. The van der Waals surface area contributed by atoms with Gasteiger partial charge in [-0.15, -0.1) is 0 Å². The molecule has 166 valence electrons. The van der Waals surface area contributed by atoms with Gasteiger partial charge in [0, 0.05) is 11.1 Å². The van der Waals surface area contributed by atoms with Gasteiger partial charge in [0.2, 0.25) is 5.91 Å². The molecule has 2 aromatic carbocycles. The number of cyclic esters (lactones) is 1. The summed E-state index contributed by atoms with van der Waals surface area (Å²) in [4.78, 5) is 39.3. The summed E-state index contributed by atoms with van der Waals surface area (Å²) in [6, 6.07) is 10.5. The van der Waals surface area contributed by atoms with Crippen LogP contribution >= 0.6 is 11.6 Å². The van der Waals surface area contributed by atoms with Gasteiger partial charge in [-0.1, -0.05) is 23.7 Å². The van der Waals surface area contributed by atoms with Gasteiger partial charge in [0.1, 0.15) is 24.7 Å². The van der Waals surface area contributed by atoms with Gasteiger partial charge < -0.3 is 24.8 Å². The second kappa shape index (κ2) is 8.80. The normalized spacial score (nSPS) is 17.5. The third kappa shape index (κ3) is 4.06. The zero-order valence-electron chi connectivity index (χ0n) is 17.3. The number of methoxy groups -OCH3 is 2. The third-order valence-corrected chi connectivity index (χ3v) is 5.44. The lowest BCUT2D eigenvalue weighted by Gasteiger charge is -2.32. The van der Waals surface area contributed by atoms with E-state index < -0.39 is 23.9 Å². The van der Waals surface area contributed by atoms with Gasteiger partial charge in [0.25, 0.3) is 0 Å². The average Bonchev–Trinajstić information content (AvgIpc) is 3.17. The van der Waals surface area contributed by atoms with Crippen molar-refractivity contribution in [3.63, 3.8) is 0 Å². The molecule has 1 unspecified atom stereocenters. The molecule has 0 saturated carbocycles. The molecule has 10 heteroatoms. The van der Waals surface area contributed by atoms with Crippen LogP contribution in [0.4, 0.5) is 10.5 Å². The van der Waals surface area contributed by atoms with E-state index >= 15 is 0 Å². The van der Waals surface area contributed by atoms with Gasteiger partial charge in [0.15, 0.2) is 0 Å². The van der Waals surface area contributed by atoms with Crippen LogP contribution in [0, 0.1) is 0 Å². The van der Waals surface area contributed by atoms with Crippen molar-refractivity contribution in [1.82, 2.24) is 10.2 Å². The molecule has 0 fully saturated rings. The van der Waals surface area contributed by atoms with Gasteiger partial charge in [-0.05, 0) is 29.8 Å². The molecule has 2 heterocycles. The average molecular weight is 458 g/mol. The highest BCUT2D eigenvalue weighted by atomic mass is 35.5. The third-order valence-electron chi connectivity index (χ3n) is 5.18. The minimum atomic E-state index is -0.692. The molecular formula is C22H20ClN3O6. The molecule has 2 aliphatic heterocycles. The summed E-state index contributed by atoms with van der Waals surface area (Å²) in [5.41, 5.74) is 1.71. The summed E-state index contributed by atoms with van der Waals surface area (Å²) >= 11 is 5.95. The minimum Gasteiger partial charge on any atom is -0.497 e. The lowest BCUT2D eigenvalue weighted by atomic mass is 9.96. The fourth-order valence-electron chi connectivity index (χ4n) is 3.63. The predicted molar refractivity (Wildman–Crippen MR) is 116 cm³/mol. The SMILES string of the molecule is COc1ccc(OC)c(NC(=O)CN2C(=O)NC(c3ccc(Cl)cc3)C3=C2COC3=O)c1. The maximum Gasteiger partial charge on any atom is 0.338 e. The number of ether oxygens (including phenoxy) is 3. The van der Waals surface area contributed by atoms with Crippen LogP contribution in [0.3, 0.4) is 0 Å². The summed E-state index contributed by atoms with van der Waals surface area (Å²) in [6.45, 7) is -0.420. The van der Waals surface area contributed by atoms with E-state index in [1.54, 1.807) is 42.5 Å². The van der Waals surface area contributed by atoms with Crippen LogP contribution in [0.2, 0.25) is 5.02 Å². The van der Waals surface area contributed by atoms with E-state index in [4.69, 9.17) is 25.8 Å². The van der Waals surface area contributed by atoms with Crippen molar-refractivity contribution in [3.05, 3.63) is 64.3 Å². The molecule has 0 aliphatic carbocycles. The molecule has 1 atom stereocenters. The van der Waals surface area contributed by atoms with Gasteiger partial charge in [-0.2, -0.15) is 0 Å². The standard InChI is InChI=1S/C22H20ClN3O6/c1-30-14-7-8-17(31-2)15(9-14)24-18(27)10-26-16-11-32-21(28)19(16)20(25-22(26)29)12-3-5-13(23)6-4-12/h3-9,20H,10-11H2,1-2H3,(H,24,27)(H,25,29). The summed E-state index contributed by atoms with van der Waals surface area (Å²) < 4.78 is 15.6. The Morgan fingerprint density at radius 3 is 2.62 bits per heavy atom. The number of hydrogen-bond donors (Lipinski definition) is 2. The minimum absolute atomic E-state index is 0.0958. The van der Waals surface area contributed by atoms with Crippen LogP contribution in [0.25, 0.3) is 0 Å². The van der Waals surface area contributed by atoms with Gasteiger partial charge >= 0.3 is 12.0 Å². The van der Waals surface area contributed by atoms with Gasteiger partial charge in [-0.3, -0.25) is 9.69 Å². The van der Waals surface area contributed by atoms with Crippen molar-refractivity contribution in [2.24, 2.45) is 0 Å². The molecule has 0 spiro atoms. The molecule has 0 radical (unpaired) electrons. The summed E-state index contributed by atoms with van der Waals surface area (Å²) in [6.07, 6.45) is 0. The number of anilines is 1. The number of rotatable bonds is 6. The number of carbonyl (C=O) groups excluding carboxylic acids is 3. The first-order valence-electron chi connectivity index (χ1n) is 9.66. The van der Waals surface area contributed by atoms with Crippen LogP contribution in [-0.4, -0.2) is 50.2 Å². The highest BCUT2D eigenvalue weighted by molar-refractivity contribution is 6.30. The molecule has 32 heavy (non-hydrogen) atoms. The second-order valence-electron chi connectivity index (χ2n) is 7.07. The van der Waals surface area contributed by atoms with E-state index in [0.29, 0.717) is 39.0 Å². The predicted octanol–water partition coefficient (Wildman–Crippen LogP) is 2.87. The van der Waals surface area contributed by atoms with Crippen molar-refractivity contribution in [1.29, 1.82) is 0 Å². The molecule has 2 aromatic rings. The second-order valence-corrected chi connectivity index (χ2v) is 7.51. The molecule has 0 aromatic heterocycles. The topological polar surface area (TPSA) is 106 Å². The molecule has 2 N–H and O–H groups in total. The Labute approximate surface area is 188 Å². The Hall–Kier alpha value is -3.72. The van der Waals surface area contributed by atoms with Crippen LogP contribution in [-0.2, 0) is 14.3 Å². The fraction of sp³-hybridized carbons (Fsp3) is 0.227. The van der Waals surface area contributed by atoms with Gasteiger partial charge in [-0.25, -0.2) is 9.59 Å². The van der Waals surface area contributed by atoms with E-state index in [1.165, 1.54) is 19.1 Å². The van der Waals surface area contributed by atoms with E-state index in [-0.39, 0.29) is 13.2 Å². The quantitative estimate of drug-likeness (QED) is 0.646. The summed E-state index contributed by atoms with van der Waals surface area (Å²) in [7, 11) is 2.98. The zero-order valence-corrected chi connectivity index (χ0v) is 18.1. The van der Waals surface area contributed by atoms with Crippen molar-refractivity contribution in [3.8, 4) is 11.5 Å². The first-order chi connectivity index (χ1) is 15.4. The number of nitrogens with zero attached hydrogens (tertiary/aromatic N) is 1. The van der Waals surface area contributed by atoms with Crippen LogP contribution < -0.4 is 20.1 Å². The molecule has 0 saturated heterocycles. The van der Waals surface area contributed by atoms with E-state index in [0.717, 1.165) is 0 Å².